The fourth-order valence-electron chi connectivity index (χ4n) is 3.29. The number of alkyl halides is 3. The molecule has 0 atom stereocenters. The minimum absolute atomic E-state index is 0.0431. The summed E-state index contributed by atoms with van der Waals surface area (Å²) >= 11 is 0. The molecule has 3 nitrogen and oxygen atoms in total. The Balaban J connectivity index is 1.80. The van der Waals surface area contributed by atoms with Crippen molar-refractivity contribution in [3.05, 3.63) is 58.7 Å². The summed E-state index contributed by atoms with van der Waals surface area (Å²) < 4.78 is 59.2. The molecular formula is C19H17F4NO2. The number of aromatic nitrogens is 1. The Bertz CT molecular complexity index is 799. The number of ether oxygens (including phenoxy) is 1. The van der Waals surface area contributed by atoms with Crippen molar-refractivity contribution in [3.63, 3.8) is 0 Å². The van der Waals surface area contributed by atoms with Gasteiger partial charge in [-0.1, -0.05) is 25.0 Å². The Labute approximate surface area is 148 Å². The number of hydrogen-bond donors (Lipinski definition) is 0. The molecule has 1 aromatic heterocycles. The molecule has 0 N–H and O–H groups in total. The molecule has 26 heavy (non-hydrogen) atoms. The normalized spacial score (nSPS) is 15.2. The van der Waals surface area contributed by atoms with E-state index in [4.69, 9.17) is 4.74 Å². The van der Waals surface area contributed by atoms with Gasteiger partial charge in [0.15, 0.2) is 12.1 Å². The third kappa shape index (κ3) is 4.03. The number of benzene rings is 1. The van der Waals surface area contributed by atoms with E-state index in [-0.39, 0.29) is 30.3 Å². The molecule has 0 aliphatic heterocycles. The second-order valence-electron chi connectivity index (χ2n) is 6.35. The van der Waals surface area contributed by atoms with Gasteiger partial charge in [0.05, 0.1) is 11.8 Å². The minimum Gasteiger partial charge on any atom is -0.487 e. The average Bonchev–Trinajstić information content (AvgIpc) is 3.13. The van der Waals surface area contributed by atoms with Crippen LogP contribution in [0.1, 0.15) is 58.8 Å². The van der Waals surface area contributed by atoms with Crippen LogP contribution < -0.4 is 4.74 Å². The third-order valence-corrected chi connectivity index (χ3v) is 4.58. The van der Waals surface area contributed by atoms with Crippen molar-refractivity contribution in [2.75, 3.05) is 0 Å². The maximum atomic E-state index is 13.5. The first-order valence-corrected chi connectivity index (χ1v) is 8.32. The van der Waals surface area contributed by atoms with Gasteiger partial charge in [-0.2, -0.15) is 13.2 Å². The Hall–Kier alpha value is -2.44. The van der Waals surface area contributed by atoms with Crippen molar-refractivity contribution >= 4 is 6.29 Å². The maximum absolute atomic E-state index is 13.5. The third-order valence-electron chi connectivity index (χ3n) is 4.58. The van der Waals surface area contributed by atoms with Gasteiger partial charge in [0.2, 0.25) is 0 Å². The lowest BCUT2D eigenvalue weighted by molar-refractivity contribution is -0.138. The van der Waals surface area contributed by atoms with E-state index in [0.29, 0.717) is 11.1 Å². The molecule has 0 unspecified atom stereocenters. The zero-order valence-corrected chi connectivity index (χ0v) is 13.9. The highest BCUT2D eigenvalue weighted by molar-refractivity contribution is 5.72. The highest BCUT2D eigenvalue weighted by Crippen LogP contribution is 2.41. The average molecular weight is 367 g/mol. The van der Waals surface area contributed by atoms with Crippen LogP contribution in [0.2, 0.25) is 0 Å². The van der Waals surface area contributed by atoms with Gasteiger partial charge in [0.25, 0.3) is 0 Å². The molecule has 1 aromatic carbocycles. The molecule has 1 aliphatic carbocycles. The first kappa shape index (κ1) is 18.4. The van der Waals surface area contributed by atoms with E-state index in [9.17, 15) is 22.4 Å². The van der Waals surface area contributed by atoms with Crippen LogP contribution in [-0.4, -0.2) is 11.3 Å². The van der Waals surface area contributed by atoms with E-state index < -0.39 is 17.6 Å². The van der Waals surface area contributed by atoms with Crippen molar-refractivity contribution in [1.82, 2.24) is 4.98 Å². The topological polar surface area (TPSA) is 39.2 Å². The van der Waals surface area contributed by atoms with Crippen molar-refractivity contribution < 1.29 is 27.1 Å². The summed E-state index contributed by atoms with van der Waals surface area (Å²) in [6, 6.07) is 5.20. The number of rotatable bonds is 5. The van der Waals surface area contributed by atoms with Gasteiger partial charge in [-0.25, -0.2) is 9.37 Å². The molecule has 7 heteroatoms. The number of nitrogens with zero attached hydrogens (tertiary/aromatic N) is 1. The van der Waals surface area contributed by atoms with E-state index in [1.54, 1.807) is 6.07 Å². The van der Waals surface area contributed by atoms with Gasteiger partial charge in [-0.15, -0.1) is 0 Å². The van der Waals surface area contributed by atoms with Crippen molar-refractivity contribution in [3.8, 4) is 5.75 Å². The lowest BCUT2D eigenvalue weighted by atomic mass is 9.91. The number of halogens is 4. The maximum Gasteiger partial charge on any atom is 0.416 e. The van der Waals surface area contributed by atoms with Crippen molar-refractivity contribution in [2.24, 2.45) is 0 Å². The van der Waals surface area contributed by atoms with Crippen LogP contribution in [-0.2, 0) is 12.8 Å². The Morgan fingerprint density at radius 2 is 1.92 bits per heavy atom. The Morgan fingerprint density at radius 3 is 2.54 bits per heavy atom. The van der Waals surface area contributed by atoms with Crippen LogP contribution in [0.3, 0.4) is 0 Å². The number of pyridine rings is 1. The predicted molar refractivity (Wildman–Crippen MR) is 86.6 cm³/mol. The smallest absolute Gasteiger partial charge is 0.416 e. The van der Waals surface area contributed by atoms with Crippen LogP contribution in [0.4, 0.5) is 17.6 Å². The standard InChI is InChI=1S/C19H17F4NO2/c20-17-8-14(9-24-18(17)10-25)26-11-12-5-6-15(13-3-1-2-4-13)16(7-12)19(21,22)23/h5-10,13H,1-4,11H2. The predicted octanol–water partition coefficient (Wildman–Crippen LogP) is 5.29. The van der Waals surface area contributed by atoms with Crippen LogP contribution in [0, 0.1) is 5.82 Å². The number of carbonyl (C=O) groups is 1. The summed E-state index contributed by atoms with van der Waals surface area (Å²) in [5, 5.41) is 0. The first-order valence-electron chi connectivity index (χ1n) is 8.32. The molecule has 2 aromatic rings. The second kappa shape index (κ2) is 7.43. The van der Waals surface area contributed by atoms with Crippen molar-refractivity contribution in [2.45, 2.75) is 44.4 Å². The Morgan fingerprint density at radius 1 is 1.19 bits per heavy atom. The summed E-state index contributed by atoms with van der Waals surface area (Å²) in [6.45, 7) is -0.157. The van der Waals surface area contributed by atoms with Crippen molar-refractivity contribution in [1.29, 1.82) is 0 Å². The van der Waals surface area contributed by atoms with E-state index in [1.807, 2.05) is 0 Å². The number of carbonyl (C=O) groups excluding carboxylic acids is 1. The van der Waals surface area contributed by atoms with Crippen LogP contribution in [0.15, 0.2) is 30.5 Å². The van der Waals surface area contributed by atoms with E-state index >= 15 is 0 Å². The van der Waals surface area contributed by atoms with Gasteiger partial charge < -0.3 is 4.74 Å². The fraction of sp³-hybridized carbons (Fsp3) is 0.368. The molecule has 1 saturated carbocycles. The quantitative estimate of drug-likeness (QED) is 0.533. The van der Waals surface area contributed by atoms with Gasteiger partial charge in [0, 0.05) is 6.07 Å². The van der Waals surface area contributed by atoms with Crippen LogP contribution in [0.25, 0.3) is 0 Å². The highest BCUT2D eigenvalue weighted by Gasteiger charge is 2.36. The minimum atomic E-state index is -4.44. The van der Waals surface area contributed by atoms with Gasteiger partial charge in [0.1, 0.15) is 18.1 Å². The van der Waals surface area contributed by atoms with E-state index in [2.05, 4.69) is 4.98 Å². The fourth-order valence-corrected chi connectivity index (χ4v) is 3.29. The molecule has 0 radical (unpaired) electrons. The van der Waals surface area contributed by atoms with Crippen LogP contribution >= 0.6 is 0 Å². The highest BCUT2D eigenvalue weighted by atomic mass is 19.4. The number of aldehydes is 1. The number of hydrogen-bond acceptors (Lipinski definition) is 3. The molecule has 0 bridgehead atoms. The zero-order valence-electron chi connectivity index (χ0n) is 13.9. The summed E-state index contributed by atoms with van der Waals surface area (Å²) in [4.78, 5) is 14.1. The summed E-state index contributed by atoms with van der Waals surface area (Å²) in [5.41, 5.74) is -0.315. The monoisotopic (exact) mass is 367 g/mol. The van der Waals surface area contributed by atoms with Gasteiger partial charge in [-0.3, -0.25) is 4.79 Å². The van der Waals surface area contributed by atoms with Crippen LogP contribution in [0.5, 0.6) is 5.75 Å². The molecule has 0 saturated heterocycles. The lowest BCUT2D eigenvalue weighted by Crippen LogP contribution is -2.12. The summed E-state index contributed by atoms with van der Waals surface area (Å²) in [5.74, 6) is -0.859. The molecule has 1 fully saturated rings. The van der Waals surface area contributed by atoms with E-state index in [1.165, 1.54) is 6.07 Å². The summed E-state index contributed by atoms with van der Waals surface area (Å²) in [7, 11) is 0. The molecule has 1 heterocycles. The molecule has 0 spiro atoms. The molecular weight excluding hydrogens is 350 g/mol. The summed E-state index contributed by atoms with van der Waals surface area (Å²) in [6.07, 6.45) is 0.429. The Kier molecular flexibility index (Phi) is 5.25. The lowest BCUT2D eigenvalue weighted by Gasteiger charge is -2.19. The van der Waals surface area contributed by atoms with E-state index in [0.717, 1.165) is 44.0 Å². The first-order chi connectivity index (χ1) is 12.4. The molecule has 138 valence electrons. The van der Waals surface area contributed by atoms with Gasteiger partial charge in [-0.05, 0) is 36.0 Å². The SMILES string of the molecule is O=Cc1ncc(OCc2ccc(C3CCCC3)c(C(F)(F)F)c2)cc1F. The largest absolute Gasteiger partial charge is 0.487 e. The zero-order chi connectivity index (χ0) is 18.7. The molecule has 3 rings (SSSR count). The second-order valence-corrected chi connectivity index (χ2v) is 6.35. The van der Waals surface area contributed by atoms with Gasteiger partial charge >= 0.3 is 6.18 Å². The molecule has 0 amide bonds. The molecule has 1 aliphatic rings.